The van der Waals surface area contributed by atoms with E-state index < -0.39 is 17.4 Å². The van der Waals surface area contributed by atoms with Crippen molar-refractivity contribution in [1.82, 2.24) is 10.6 Å². The molecule has 23 heavy (non-hydrogen) atoms. The summed E-state index contributed by atoms with van der Waals surface area (Å²) in [5.74, 6) is -0.664. The minimum Gasteiger partial charge on any atom is -0.396 e. The number of aliphatic hydroxyl groups is 2. The molecule has 0 aromatic heterocycles. The van der Waals surface area contributed by atoms with Crippen LogP contribution >= 0.6 is 0 Å². The lowest BCUT2D eigenvalue weighted by Crippen LogP contribution is -2.46. The number of aliphatic hydroxyl groups excluding tert-OH is 2. The minimum atomic E-state index is -1.29. The van der Waals surface area contributed by atoms with Crippen LogP contribution in [0.15, 0.2) is 0 Å². The Morgan fingerprint density at radius 1 is 1.00 bits per heavy atom. The average Bonchev–Trinajstić information content (AvgIpc) is 2.53. The first-order valence-corrected chi connectivity index (χ1v) is 8.68. The molecule has 0 aliphatic carbocycles. The first kappa shape index (κ1) is 21.9. The zero-order chi connectivity index (χ0) is 17.7. The lowest BCUT2D eigenvalue weighted by molar-refractivity contribution is -0.137. The number of rotatable bonds is 13. The summed E-state index contributed by atoms with van der Waals surface area (Å²) in [4.78, 5) is 23.3. The predicted molar refractivity (Wildman–Crippen MR) is 90.9 cm³/mol. The van der Waals surface area contributed by atoms with Crippen LogP contribution in [0.3, 0.4) is 0 Å². The summed E-state index contributed by atoms with van der Waals surface area (Å²) in [6.45, 7) is 5.94. The fraction of sp³-hybridized carbons (Fsp3) is 0.882. The highest BCUT2D eigenvalue weighted by molar-refractivity contribution is 5.82. The van der Waals surface area contributed by atoms with Gasteiger partial charge in [0.15, 0.2) is 0 Å². The molecule has 0 heterocycles. The van der Waals surface area contributed by atoms with Crippen molar-refractivity contribution in [2.24, 2.45) is 5.41 Å². The van der Waals surface area contributed by atoms with Crippen molar-refractivity contribution < 1.29 is 19.8 Å². The molecule has 2 amide bonds. The van der Waals surface area contributed by atoms with Gasteiger partial charge in [0.2, 0.25) is 11.8 Å². The normalized spacial score (nSPS) is 12.7. The summed E-state index contributed by atoms with van der Waals surface area (Å²) >= 11 is 0. The van der Waals surface area contributed by atoms with Crippen molar-refractivity contribution in [3.05, 3.63) is 0 Å². The maximum absolute atomic E-state index is 11.7. The Labute approximate surface area is 140 Å². The largest absolute Gasteiger partial charge is 0.396 e. The van der Waals surface area contributed by atoms with E-state index in [9.17, 15) is 14.7 Å². The Balaban J connectivity index is 3.69. The van der Waals surface area contributed by atoms with Gasteiger partial charge in [-0.25, -0.2) is 0 Å². The fourth-order valence-corrected chi connectivity index (χ4v) is 2.06. The van der Waals surface area contributed by atoms with Gasteiger partial charge < -0.3 is 20.8 Å². The Morgan fingerprint density at radius 2 is 1.61 bits per heavy atom. The summed E-state index contributed by atoms with van der Waals surface area (Å²) in [5.41, 5.74) is -0.899. The van der Waals surface area contributed by atoms with Gasteiger partial charge in [-0.05, 0) is 6.42 Å². The molecule has 0 rings (SSSR count). The first-order chi connectivity index (χ1) is 10.8. The molecule has 0 unspecified atom stereocenters. The highest BCUT2D eigenvalue weighted by Gasteiger charge is 2.32. The molecule has 1 atom stereocenters. The van der Waals surface area contributed by atoms with Crippen LogP contribution in [0.5, 0.6) is 0 Å². The van der Waals surface area contributed by atoms with Crippen molar-refractivity contribution in [3.63, 3.8) is 0 Å². The number of amides is 2. The van der Waals surface area contributed by atoms with E-state index >= 15 is 0 Å². The zero-order valence-corrected chi connectivity index (χ0v) is 14.9. The number of unbranched alkanes of at least 4 members (excludes halogenated alkanes) is 5. The standard InChI is InChI=1S/C17H34N2O4/c1-4-5-6-7-8-9-11-18-14(21)10-12-19-16(23)15(22)17(2,3)13-20/h15,20,22H,4-13H2,1-3H3,(H,18,21)(H,19,23)/t15-/m0/s1. The third kappa shape index (κ3) is 10.3. The van der Waals surface area contributed by atoms with E-state index in [2.05, 4.69) is 17.6 Å². The maximum Gasteiger partial charge on any atom is 0.249 e. The molecular weight excluding hydrogens is 296 g/mol. The quantitative estimate of drug-likeness (QED) is 0.383. The summed E-state index contributed by atoms with van der Waals surface area (Å²) in [5, 5.41) is 24.3. The van der Waals surface area contributed by atoms with Crippen LogP contribution in [0.2, 0.25) is 0 Å². The smallest absolute Gasteiger partial charge is 0.249 e. The van der Waals surface area contributed by atoms with E-state index in [0.717, 1.165) is 12.8 Å². The Hall–Kier alpha value is -1.14. The minimum absolute atomic E-state index is 0.102. The van der Waals surface area contributed by atoms with Gasteiger partial charge in [-0.15, -0.1) is 0 Å². The van der Waals surface area contributed by atoms with Crippen molar-refractivity contribution >= 4 is 11.8 Å². The fourth-order valence-electron chi connectivity index (χ4n) is 2.06. The third-order valence-electron chi connectivity index (χ3n) is 3.90. The van der Waals surface area contributed by atoms with Crippen LogP contribution < -0.4 is 10.6 Å². The molecule has 6 heteroatoms. The molecule has 0 aliphatic rings. The molecule has 0 saturated carbocycles. The van der Waals surface area contributed by atoms with Crippen LogP contribution in [0, 0.1) is 5.41 Å². The molecule has 0 bridgehead atoms. The summed E-state index contributed by atoms with van der Waals surface area (Å²) in [6, 6.07) is 0. The monoisotopic (exact) mass is 330 g/mol. The maximum atomic E-state index is 11.7. The second-order valence-corrected chi connectivity index (χ2v) is 6.71. The average molecular weight is 330 g/mol. The summed E-state index contributed by atoms with van der Waals surface area (Å²) in [6.07, 6.45) is 5.95. The van der Waals surface area contributed by atoms with Crippen LogP contribution in [0.4, 0.5) is 0 Å². The Bertz CT molecular complexity index is 345. The van der Waals surface area contributed by atoms with Gasteiger partial charge in [0.25, 0.3) is 0 Å². The van der Waals surface area contributed by atoms with E-state index in [1.54, 1.807) is 13.8 Å². The molecule has 0 spiro atoms. The van der Waals surface area contributed by atoms with Crippen LogP contribution in [0.1, 0.15) is 65.7 Å². The van der Waals surface area contributed by atoms with Crippen molar-refractivity contribution in [3.8, 4) is 0 Å². The van der Waals surface area contributed by atoms with Gasteiger partial charge in [0, 0.05) is 24.9 Å². The van der Waals surface area contributed by atoms with E-state index in [-0.39, 0.29) is 25.5 Å². The number of carbonyl (C=O) groups excluding carboxylic acids is 2. The number of hydrogen-bond acceptors (Lipinski definition) is 4. The van der Waals surface area contributed by atoms with Gasteiger partial charge in [0.1, 0.15) is 6.10 Å². The van der Waals surface area contributed by atoms with Gasteiger partial charge in [-0.1, -0.05) is 52.9 Å². The van der Waals surface area contributed by atoms with E-state index in [1.807, 2.05) is 0 Å². The molecular formula is C17H34N2O4. The molecule has 0 fully saturated rings. The van der Waals surface area contributed by atoms with Crippen molar-refractivity contribution in [2.45, 2.75) is 71.8 Å². The number of hydrogen-bond donors (Lipinski definition) is 4. The molecule has 0 aromatic rings. The van der Waals surface area contributed by atoms with Crippen LogP contribution in [-0.2, 0) is 9.59 Å². The topological polar surface area (TPSA) is 98.7 Å². The molecule has 136 valence electrons. The molecule has 0 radical (unpaired) electrons. The van der Waals surface area contributed by atoms with Crippen molar-refractivity contribution in [2.75, 3.05) is 19.7 Å². The predicted octanol–water partition coefficient (Wildman–Crippen LogP) is 1.35. The summed E-state index contributed by atoms with van der Waals surface area (Å²) < 4.78 is 0. The molecule has 0 aliphatic heterocycles. The van der Waals surface area contributed by atoms with Gasteiger partial charge >= 0.3 is 0 Å². The molecule has 4 N–H and O–H groups in total. The number of carbonyl (C=O) groups is 2. The first-order valence-electron chi connectivity index (χ1n) is 8.68. The molecule has 0 aromatic carbocycles. The van der Waals surface area contributed by atoms with E-state index in [1.165, 1.54) is 25.7 Å². The Morgan fingerprint density at radius 3 is 2.22 bits per heavy atom. The molecule has 6 nitrogen and oxygen atoms in total. The SMILES string of the molecule is CCCCCCCCNC(=O)CCNC(=O)[C@H](O)C(C)(C)CO. The van der Waals surface area contributed by atoms with Gasteiger partial charge in [-0.2, -0.15) is 0 Å². The summed E-state index contributed by atoms with van der Waals surface area (Å²) in [7, 11) is 0. The molecule has 0 saturated heterocycles. The van der Waals surface area contributed by atoms with Crippen LogP contribution in [-0.4, -0.2) is 47.8 Å². The Kier molecular flexibility index (Phi) is 11.7. The van der Waals surface area contributed by atoms with Gasteiger partial charge in [0.05, 0.1) is 6.61 Å². The highest BCUT2D eigenvalue weighted by Crippen LogP contribution is 2.19. The number of nitrogens with one attached hydrogen (secondary N) is 2. The van der Waals surface area contributed by atoms with Crippen LogP contribution in [0.25, 0.3) is 0 Å². The van der Waals surface area contributed by atoms with Crippen molar-refractivity contribution in [1.29, 1.82) is 0 Å². The lowest BCUT2D eigenvalue weighted by atomic mass is 9.87. The third-order valence-corrected chi connectivity index (χ3v) is 3.90. The second-order valence-electron chi connectivity index (χ2n) is 6.71. The lowest BCUT2D eigenvalue weighted by Gasteiger charge is -2.27. The van der Waals surface area contributed by atoms with Gasteiger partial charge in [-0.3, -0.25) is 9.59 Å². The second kappa shape index (κ2) is 12.3. The van der Waals surface area contributed by atoms with E-state index in [0.29, 0.717) is 6.54 Å². The van der Waals surface area contributed by atoms with E-state index in [4.69, 9.17) is 5.11 Å². The zero-order valence-electron chi connectivity index (χ0n) is 14.9. The highest BCUT2D eigenvalue weighted by atomic mass is 16.3.